The summed E-state index contributed by atoms with van der Waals surface area (Å²) in [4.78, 5) is 14.6. The highest BCUT2D eigenvalue weighted by Crippen LogP contribution is 2.23. The maximum atomic E-state index is 12.3. The number of hydrogen-bond donors (Lipinski definition) is 1. The van der Waals surface area contributed by atoms with E-state index in [9.17, 15) is 4.79 Å². The van der Waals surface area contributed by atoms with E-state index < -0.39 is 0 Å². The van der Waals surface area contributed by atoms with Crippen LogP contribution in [0.3, 0.4) is 0 Å². The lowest BCUT2D eigenvalue weighted by molar-refractivity contribution is -0.123. The molecule has 6 heteroatoms. The number of morpholine rings is 1. The van der Waals surface area contributed by atoms with Crippen LogP contribution in [0.1, 0.15) is 42.9 Å². The van der Waals surface area contributed by atoms with Gasteiger partial charge in [-0.25, -0.2) is 0 Å². The number of ether oxygens (including phenoxy) is 2. The standard InChI is InChI=1S/C22H30N2O4/c1-16(2)18-5-7-19(8-6-18)27-15-22(25)23-14-20(21-9-4-17(3)28-21)24-10-12-26-13-11-24/h4-9,16,20H,10-15H2,1-3H3,(H,23,25). The first-order valence-electron chi connectivity index (χ1n) is 9.90. The molecule has 2 heterocycles. The number of rotatable bonds is 8. The topological polar surface area (TPSA) is 63.9 Å². The predicted octanol–water partition coefficient (Wildman–Crippen LogP) is 3.28. The Labute approximate surface area is 166 Å². The number of nitrogens with zero attached hydrogens (tertiary/aromatic N) is 1. The van der Waals surface area contributed by atoms with Crippen molar-refractivity contribution in [2.45, 2.75) is 32.7 Å². The number of carbonyl (C=O) groups excluding carboxylic acids is 1. The Morgan fingerprint density at radius 3 is 2.46 bits per heavy atom. The number of amides is 1. The molecule has 1 aromatic carbocycles. The van der Waals surface area contributed by atoms with Crippen LogP contribution in [0.15, 0.2) is 40.8 Å². The second-order valence-corrected chi connectivity index (χ2v) is 7.43. The molecule has 28 heavy (non-hydrogen) atoms. The van der Waals surface area contributed by atoms with Gasteiger partial charge in [-0.2, -0.15) is 0 Å². The molecule has 0 saturated carbocycles. The second kappa shape index (κ2) is 9.75. The van der Waals surface area contributed by atoms with Gasteiger partial charge in [0.05, 0.1) is 19.3 Å². The maximum Gasteiger partial charge on any atom is 0.258 e. The molecule has 1 atom stereocenters. The van der Waals surface area contributed by atoms with Gasteiger partial charge in [-0.05, 0) is 42.7 Å². The van der Waals surface area contributed by atoms with Crippen molar-refractivity contribution in [1.29, 1.82) is 0 Å². The van der Waals surface area contributed by atoms with E-state index in [1.807, 2.05) is 43.3 Å². The molecule has 1 aliphatic rings. The summed E-state index contributed by atoms with van der Waals surface area (Å²) in [5.74, 6) is 2.76. The van der Waals surface area contributed by atoms with E-state index in [-0.39, 0.29) is 18.6 Å². The van der Waals surface area contributed by atoms with Crippen LogP contribution >= 0.6 is 0 Å². The van der Waals surface area contributed by atoms with Crippen LogP contribution in [0.4, 0.5) is 0 Å². The van der Waals surface area contributed by atoms with E-state index in [0.717, 1.165) is 24.6 Å². The smallest absolute Gasteiger partial charge is 0.258 e. The number of benzene rings is 1. The van der Waals surface area contributed by atoms with Crippen molar-refractivity contribution in [2.75, 3.05) is 39.5 Å². The Morgan fingerprint density at radius 1 is 1.14 bits per heavy atom. The highest BCUT2D eigenvalue weighted by Gasteiger charge is 2.25. The molecule has 0 radical (unpaired) electrons. The summed E-state index contributed by atoms with van der Waals surface area (Å²) in [6.45, 7) is 9.72. The fourth-order valence-electron chi connectivity index (χ4n) is 3.29. The molecule has 3 rings (SSSR count). The lowest BCUT2D eigenvalue weighted by Crippen LogP contribution is -2.44. The largest absolute Gasteiger partial charge is 0.484 e. The van der Waals surface area contributed by atoms with Gasteiger partial charge in [0.25, 0.3) is 5.91 Å². The lowest BCUT2D eigenvalue weighted by atomic mass is 10.0. The third-order valence-corrected chi connectivity index (χ3v) is 4.99. The highest BCUT2D eigenvalue weighted by atomic mass is 16.5. The fourth-order valence-corrected chi connectivity index (χ4v) is 3.29. The Kier molecular flexibility index (Phi) is 7.12. The van der Waals surface area contributed by atoms with E-state index in [2.05, 4.69) is 24.1 Å². The summed E-state index contributed by atoms with van der Waals surface area (Å²) in [6, 6.07) is 11.8. The van der Waals surface area contributed by atoms with Gasteiger partial charge in [-0.1, -0.05) is 26.0 Å². The van der Waals surface area contributed by atoms with E-state index in [1.54, 1.807) is 0 Å². The molecule has 152 valence electrons. The van der Waals surface area contributed by atoms with Crippen LogP contribution in [0.5, 0.6) is 5.75 Å². The van der Waals surface area contributed by atoms with Gasteiger partial charge in [-0.3, -0.25) is 9.69 Å². The van der Waals surface area contributed by atoms with E-state index in [1.165, 1.54) is 5.56 Å². The van der Waals surface area contributed by atoms with Crippen molar-refractivity contribution in [3.8, 4) is 5.75 Å². The number of nitrogens with one attached hydrogen (secondary N) is 1. The second-order valence-electron chi connectivity index (χ2n) is 7.43. The molecule has 1 saturated heterocycles. The van der Waals surface area contributed by atoms with Crippen LogP contribution in [-0.4, -0.2) is 50.3 Å². The van der Waals surface area contributed by atoms with Crippen molar-refractivity contribution in [1.82, 2.24) is 10.2 Å². The molecule has 1 N–H and O–H groups in total. The first kappa shape index (κ1) is 20.4. The zero-order valence-electron chi connectivity index (χ0n) is 16.9. The molecule has 2 aromatic rings. The zero-order chi connectivity index (χ0) is 19.9. The summed E-state index contributed by atoms with van der Waals surface area (Å²) in [5.41, 5.74) is 1.25. The molecule has 0 aliphatic carbocycles. The monoisotopic (exact) mass is 386 g/mol. The first-order chi connectivity index (χ1) is 13.5. The van der Waals surface area contributed by atoms with Gasteiger partial charge in [0.15, 0.2) is 6.61 Å². The molecular weight excluding hydrogens is 356 g/mol. The maximum absolute atomic E-state index is 12.3. The summed E-state index contributed by atoms with van der Waals surface area (Å²) < 4.78 is 16.9. The van der Waals surface area contributed by atoms with Crippen molar-refractivity contribution in [3.05, 3.63) is 53.5 Å². The van der Waals surface area contributed by atoms with Gasteiger partial charge in [-0.15, -0.1) is 0 Å². The summed E-state index contributed by atoms with van der Waals surface area (Å²) >= 11 is 0. The van der Waals surface area contributed by atoms with Crippen molar-refractivity contribution in [3.63, 3.8) is 0 Å². The van der Waals surface area contributed by atoms with E-state index in [0.29, 0.717) is 31.4 Å². The Morgan fingerprint density at radius 2 is 1.86 bits per heavy atom. The minimum absolute atomic E-state index is 0.00591. The molecular formula is C22H30N2O4. The van der Waals surface area contributed by atoms with Gasteiger partial charge in [0.2, 0.25) is 0 Å². The fraction of sp³-hybridized carbons (Fsp3) is 0.500. The van der Waals surface area contributed by atoms with Crippen LogP contribution in [-0.2, 0) is 9.53 Å². The van der Waals surface area contributed by atoms with E-state index >= 15 is 0 Å². The highest BCUT2D eigenvalue weighted by molar-refractivity contribution is 5.77. The molecule has 1 fully saturated rings. The molecule has 1 amide bonds. The third-order valence-electron chi connectivity index (χ3n) is 4.99. The van der Waals surface area contributed by atoms with Gasteiger partial charge in [0.1, 0.15) is 17.3 Å². The average molecular weight is 386 g/mol. The van der Waals surface area contributed by atoms with Crippen LogP contribution in [0.2, 0.25) is 0 Å². The predicted molar refractivity (Wildman–Crippen MR) is 108 cm³/mol. The summed E-state index contributed by atoms with van der Waals surface area (Å²) in [7, 11) is 0. The van der Waals surface area contributed by atoms with Gasteiger partial charge < -0.3 is 19.2 Å². The third kappa shape index (κ3) is 5.59. The molecule has 6 nitrogen and oxygen atoms in total. The SMILES string of the molecule is Cc1ccc(C(CNC(=O)COc2ccc(C(C)C)cc2)N2CCOCC2)o1. The van der Waals surface area contributed by atoms with Crippen LogP contribution in [0, 0.1) is 6.92 Å². The van der Waals surface area contributed by atoms with Crippen LogP contribution < -0.4 is 10.1 Å². The lowest BCUT2D eigenvalue weighted by Gasteiger charge is -2.33. The van der Waals surface area contributed by atoms with Crippen molar-refractivity contribution in [2.24, 2.45) is 0 Å². The molecule has 0 spiro atoms. The number of hydrogen-bond acceptors (Lipinski definition) is 5. The molecule has 1 aliphatic heterocycles. The molecule has 0 bridgehead atoms. The Bertz CT molecular complexity index is 748. The van der Waals surface area contributed by atoms with E-state index in [4.69, 9.17) is 13.9 Å². The Balaban J connectivity index is 1.52. The average Bonchev–Trinajstić information content (AvgIpc) is 3.13. The summed E-state index contributed by atoms with van der Waals surface area (Å²) in [5, 5.41) is 2.98. The normalized spacial score (nSPS) is 16.1. The van der Waals surface area contributed by atoms with Gasteiger partial charge in [0, 0.05) is 19.6 Å². The minimum atomic E-state index is -0.144. The zero-order valence-corrected chi connectivity index (χ0v) is 16.9. The van der Waals surface area contributed by atoms with Crippen molar-refractivity contribution >= 4 is 5.91 Å². The molecule has 1 aromatic heterocycles. The number of furan rings is 1. The Hall–Kier alpha value is -2.31. The minimum Gasteiger partial charge on any atom is -0.484 e. The first-order valence-corrected chi connectivity index (χ1v) is 9.90. The quantitative estimate of drug-likeness (QED) is 0.754. The van der Waals surface area contributed by atoms with Crippen LogP contribution in [0.25, 0.3) is 0 Å². The van der Waals surface area contributed by atoms with Crippen molar-refractivity contribution < 1.29 is 18.7 Å². The summed E-state index contributed by atoms with van der Waals surface area (Å²) in [6.07, 6.45) is 0. The number of carbonyl (C=O) groups is 1. The van der Waals surface area contributed by atoms with Gasteiger partial charge >= 0.3 is 0 Å². The number of aryl methyl sites for hydroxylation is 1. The molecule has 1 unspecified atom stereocenters.